The first-order valence-electron chi connectivity index (χ1n) is 6.90. The highest BCUT2D eigenvalue weighted by molar-refractivity contribution is 5.95. The molecule has 0 saturated heterocycles. The number of rotatable bonds is 5. The number of halogens is 1. The molecule has 114 valence electrons. The van der Waals surface area contributed by atoms with Gasteiger partial charge in [-0.25, -0.2) is 9.18 Å². The fourth-order valence-corrected chi connectivity index (χ4v) is 1.94. The Bertz CT molecular complexity index is 668. The molecule has 0 radical (unpaired) electrons. The highest BCUT2D eigenvalue weighted by atomic mass is 19.1. The van der Waals surface area contributed by atoms with Crippen molar-refractivity contribution in [2.24, 2.45) is 0 Å². The van der Waals surface area contributed by atoms with Crippen LogP contribution in [0.4, 0.5) is 10.1 Å². The first-order chi connectivity index (χ1) is 10.6. The van der Waals surface area contributed by atoms with Gasteiger partial charge in [-0.3, -0.25) is 4.79 Å². The topological polar surface area (TPSA) is 55.4 Å². The Labute approximate surface area is 127 Å². The van der Waals surface area contributed by atoms with Gasteiger partial charge >= 0.3 is 5.97 Å². The Hall–Kier alpha value is -2.69. The number of ether oxygens (including phenoxy) is 1. The van der Waals surface area contributed by atoms with Crippen molar-refractivity contribution in [3.05, 3.63) is 65.5 Å². The van der Waals surface area contributed by atoms with E-state index in [2.05, 4.69) is 5.32 Å². The summed E-state index contributed by atoms with van der Waals surface area (Å²) < 4.78 is 17.7. The molecule has 0 aliphatic carbocycles. The van der Waals surface area contributed by atoms with E-state index in [0.29, 0.717) is 5.69 Å². The van der Waals surface area contributed by atoms with Gasteiger partial charge in [0.15, 0.2) is 6.61 Å². The molecular formula is C17H16FNO3. The SMILES string of the molecule is CCc1ccccc1NC(=O)COC(=O)c1ccc(F)cc1. The first kappa shape index (κ1) is 15.7. The van der Waals surface area contributed by atoms with Crippen molar-refractivity contribution >= 4 is 17.6 Å². The number of benzene rings is 2. The van der Waals surface area contributed by atoms with Crippen molar-refractivity contribution in [1.82, 2.24) is 0 Å². The average Bonchev–Trinajstić information content (AvgIpc) is 2.54. The summed E-state index contributed by atoms with van der Waals surface area (Å²) in [5.74, 6) is -1.53. The molecule has 0 atom stereocenters. The van der Waals surface area contributed by atoms with Gasteiger partial charge in [-0.05, 0) is 42.3 Å². The molecule has 2 aromatic carbocycles. The number of hydrogen-bond acceptors (Lipinski definition) is 3. The maximum atomic E-state index is 12.8. The minimum atomic E-state index is -0.668. The molecule has 4 nitrogen and oxygen atoms in total. The monoisotopic (exact) mass is 301 g/mol. The fourth-order valence-electron chi connectivity index (χ4n) is 1.94. The van der Waals surface area contributed by atoms with Crippen LogP contribution in [0, 0.1) is 5.82 Å². The number of amides is 1. The largest absolute Gasteiger partial charge is 0.452 e. The third kappa shape index (κ3) is 4.15. The van der Waals surface area contributed by atoms with Crippen molar-refractivity contribution in [3.63, 3.8) is 0 Å². The van der Waals surface area contributed by atoms with Crippen LogP contribution < -0.4 is 5.32 Å². The summed E-state index contributed by atoms with van der Waals surface area (Å²) in [6, 6.07) is 12.4. The van der Waals surface area contributed by atoms with Crippen molar-refractivity contribution in [2.75, 3.05) is 11.9 Å². The lowest BCUT2D eigenvalue weighted by Crippen LogP contribution is -2.21. The van der Waals surface area contributed by atoms with E-state index in [4.69, 9.17) is 4.74 Å². The summed E-state index contributed by atoms with van der Waals surface area (Å²) in [4.78, 5) is 23.5. The molecule has 22 heavy (non-hydrogen) atoms. The maximum Gasteiger partial charge on any atom is 0.338 e. The highest BCUT2D eigenvalue weighted by Crippen LogP contribution is 2.15. The van der Waals surface area contributed by atoms with Gasteiger partial charge in [0.2, 0.25) is 0 Å². The number of anilines is 1. The Morgan fingerprint density at radius 3 is 2.45 bits per heavy atom. The van der Waals surface area contributed by atoms with Crippen molar-refractivity contribution in [1.29, 1.82) is 0 Å². The zero-order valence-corrected chi connectivity index (χ0v) is 12.1. The van der Waals surface area contributed by atoms with Crippen LogP contribution >= 0.6 is 0 Å². The molecule has 0 heterocycles. The van der Waals surface area contributed by atoms with Gasteiger partial charge in [0.05, 0.1) is 5.56 Å². The summed E-state index contributed by atoms with van der Waals surface area (Å²) in [6.45, 7) is 1.59. The highest BCUT2D eigenvalue weighted by Gasteiger charge is 2.11. The van der Waals surface area contributed by atoms with Crippen LogP contribution in [-0.2, 0) is 16.0 Å². The predicted octanol–water partition coefficient (Wildman–Crippen LogP) is 3.18. The van der Waals surface area contributed by atoms with Gasteiger partial charge in [0.25, 0.3) is 5.91 Å². The molecule has 2 aromatic rings. The molecule has 0 aliphatic rings. The number of aryl methyl sites for hydroxylation is 1. The molecule has 1 N–H and O–H groups in total. The van der Waals surface area contributed by atoms with E-state index in [-0.39, 0.29) is 5.56 Å². The average molecular weight is 301 g/mol. The van der Waals surface area contributed by atoms with Gasteiger partial charge < -0.3 is 10.1 Å². The number of para-hydroxylation sites is 1. The molecule has 0 bridgehead atoms. The first-order valence-corrected chi connectivity index (χ1v) is 6.90. The van der Waals surface area contributed by atoms with E-state index in [0.717, 1.165) is 24.1 Å². The van der Waals surface area contributed by atoms with E-state index >= 15 is 0 Å². The van der Waals surface area contributed by atoms with Crippen LogP contribution in [-0.4, -0.2) is 18.5 Å². The number of hydrogen-bond donors (Lipinski definition) is 1. The zero-order valence-electron chi connectivity index (χ0n) is 12.1. The number of carbonyl (C=O) groups is 2. The van der Waals surface area contributed by atoms with E-state index < -0.39 is 24.3 Å². The van der Waals surface area contributed by atoms with Crippen LogP contribution in [0.1, 0.15) is 22.8 Å². The van der Waals surface area contributed by atoms with Crippen LogP contribution in [0.25, 0.3) is 0 Å². The molecule has 1 amide bonds. The van der Waals surface area contributed by atoms with E-state index in [1.165, 1.54) is 12.1 Å². The van der Waals surface area contributed by atoms with Crippen LogP contribution in [0.5, 0.6) is 0 Å². The van der Waals surface area contributed by atoms with Gasteiger partial charge in [0.1, 0.15) is 5.82 Å². The minimum Gasteiger partial charge on any atom is -0.452 e. The van der Waals surface area contributed by atoms with E-state index in [1.807, 2.05) is 25.1 Å². The third-order valence-corrected chi connectivity index (χ3v) is 3.09. The maximum absolute atomic E-state index is 12.8. The molecule has 5 heteroatoms. The van der Waals surface area contributed by atoms with Crippen LogP contribution in [0.15, 0.2) is 48.5 Å². The summed E-state index contributed by atoms with van der Waals surface area (Å²) in [6.07, 6.45) is 0.784. The Morgan fingerprint density at radius 2 is 1.77 bits per heavy atom. The number of esters is 1. The summed E-state index contributed by atoms with van der Waals surface area (Å²) in [7, 11) is 0. The molecule has 0 aliphatic heterocycles. The predicted molar refractivity (Wildman–Crippen MR) is 81.1 cm³/mol. The second-order valence-corrected chi connectivity index (χ2v) is 4.64. The van der Waals surface area contributed by atoms with Crippen LogP contribution in [0.3, 0.4) is 0 Å². The molecule has 0 spiro atoms. The Kier molecular flexibility index (Phi) is 5.25. The van der Waals surface area contributed by atoms with Crippen LogP contribution in [0.2, 0.25) is 0 Å². The van der Waals surface area contributed by atoms with Gasteiger partial charge in [-0.2, -0.15) is 0 Å². The summed E-state index contributed by atoms with van der Waals surface area (Å²) in [5.41, 5.74) is 1.90. The van der Waals surface area contributed by atoms with E-state index in [1.54, 1.807) is 6.07 Å². The number of nitrogens with one attached hydrogen (secondary N) is 1. The molecule has 0 aromatic heterocycles. The van der Waals surface area contributed by atoms with Crippen molar-refractivity contribution in [2.45, 2.75) is 13.3 Å². The lowest BCUT2D eigenvalue weighted by atomic mass is 10.1. The fraction of sp³-hybridized carbons (Fsp3) is 0.176. The molecule has 0 saturated carbocycles. The van der Waals surface area contributed by atoms with Gasteiger partial charge in [0, 0.05) is 5.69 Å². The third-order valence-electron chi connectivity index (χ3n) is 3.09. The Balaban J connectivity index is 1.90. The molecule has 0 fully saturated rings. The molecule has 0 unspecified atom stereocenters. The standard InChI is InChI=1S/C17H16FNO3/c1-2-12-5-3-4-6-15(12)19-16(20)11-22-17(21)13-7-9-14(18)10-8-13/h3-10H,2,11H2,1H3,(H,19,20). The van der Waals surface area contributed by atoms with Crippen molar-refractivity contribution in [3.8, 4) is 0 Å². The summed E-state index contributed by atoms with van der Waals surface area (Å²) >= 11 is 0. The summed E-state index contributed by atoms with van der Waals surface area (Å²) in [5, 5.41) is 2.70. The molecule has 2 rings (SSSR count). The lowest BCUT2D eigenvalue weighted by Gasteiger charge is -2.10. The van der Waals surface area contributed by atoms with Gasteiger partial charge in [-0.1, -0.05) is 25.1 Å². The zero-order chi connectivity index (χ0) is 15.9. The normalized spacial score (nSPS) is 10.1. The van der Waals surface area contributed by atoms with Crippen molar-refractivity contribution < 1.29 is 18.7 Å². The number of carbonyl (C=O) groups excluding carboxylic acids is 2. The second-order valence-electron chi connectivity index (χ2n) is 4.64. The molecular weight excluding hydrogens is 285 g/mol. The lowest BCUT2D eigenvalue weighted by molar-refractivity contribution is -0.119. The minimum absolute atomic E-state index is 0.197. The van der Waals surface area contributed by atoms with E-state index in [9.17, 15) is 14.0 Å². The van der Waals surface area contributed by atoms with Gasteiger partial charge in [-0.15, -0.1) is 0 Å². The smallest absolute Gasteiger partial charge is 0.338 e. The Morgan fingerprint density at radius 1 is 1.09 bits per heavy atom. The quantitative estimate of drug-likeness (QED) is 0.863. The second kappa shape index (κ2) is 7.36.